The van der Waals surface area contributed by atoms with Crippen molar-refractivity contribution in [1.82, 2.24) is 40.9 Å². The number of H-pyrrole nitrogens is 1. The first-order chi connectivity index (χ1) is 30.8. The second-order valence-electron chi connectivity index (χ2n) is 18.2. The number of anilines is 3. The zero-order valence-corrected chi connectivity index (χ0v) is 36.9. The van der Waals surface area contributed by atoms with Crippen LogP contribution in [-0.2, 0) is 10.2 Å². The van der Waals surface area contributed by atoms with E-state index in [9.17, 15) is 14.4 Å². The molecule has 15 nitrogen and oxygen atoms in total. The maximum absolute atomic E-state index is 16.2. The van der Waals surface area contributed by atoms with E-state index < -0.39 is 23.2 Å². The van der Waals surface area contributed by atoms with Crippen molar-refractivity contribution in [3.63, 3.8) is 0 Å². The van der Waals surface area contributed by atoms with E-state index in [1.54, 1.807) is 24.8 Å². The molecule has 0 aliphatic carbocycles. The number of pyridine rings is 1. The minimum Gasteiger partial charge on any atom is -0.372 e. The lowest BCUT2D eigenvalue weighted by atomic mass is 9.95. The van der Waals surface area contributed by atoms with Gasteiger partial charge in [0.05, 0.1) is 6.04 Å². The van der Waals surface area contributed by atoms with Crippen LogP contribution in [-0.4, -0.2) is 100 Å². The molecule has 0 radical (unpaired) electrons. The van der Waals surface area contributed by atoms with Crippen LogP contribution in [0.4, 0.5) is 26.2 Å². The van der Waals surface area contributed by atoms with Crippen molar-refractivity contribution in [2.45, 2.75) is 65.3 Å². The Morgan fingerprint density at radius 1 is 0.891 bits per heavy atom. The average Bonchev–Trinajstić information content (AvgIpc) is 3.97. The lowest BCUT2D eigenvalue weighted by Gasteiger charge is -2.40. The molecule has 3 saturated heterocycles. The molecule has 1 unspecified atom stereocenters. The Balaban J connectivity index is 0.780. The summed E-state index contributed by atoms with van der Waals surface area (Å²) in [6.07, 6.45) is 4.41. The highest BCUT2D eigenvalue weighted by Crippen LogP contribution is 2.35. The zero-order chi connectivity index (χ0) is 44.7. The fourth-order valence-corrected chi connectivity index (χ4v) is 9.02. The third-order valence-corrected chi connectivity index (χ3v) is 12.8. The SMILES string of the molecule is Cc1c(C(C)NC(=O)c2noc(C(C)(C)C)n2)ccc(-c2n[nH]c3ncc(-c4ccc(N5CCN(CC6CCN(c7ccc(N8CCC(=O)NC8=O)cc7)CC6)CC5)cc4)cc23)c1F. The molecule has 332 valence electrons. The quantitative estimate of drug-likeness (QED) is 0.126. The van der Waals surface area contributed by atoms with Gasteiger partial charge in [-0.2, -0.15) is 10.1 Å². The second-order valence-corrected chi connectivity index (χ2v) is 18.2. The van der Waals surface area contributed by atoms with E-state index in [0.717, 1.165) is 75.5 Å². The van der Waals surface area contributed by atoms with E-state index >= 15 is 4.39 Å². The topological polar surface area (TPSA) is 169 Å². The van der Waals surface area contributed by atoms with Crippen LogP contribution >= 0.6 is 0 Å². The van der Waals surface area contributed by atoms with Gasteiger partial charge in [-0.05, 0) is 97.8 Å². The molecule has 6 heterocycles. The predicted octanol–water partition coefficient (Wildman–Crippen LogP) is 7.40. The number of rotatable bonds is 10. The highest BCUT2D eigenvalue weighted by atomic mass is 19.1. The molecule has 9 rings (SSSR count). The molecule has 3 aliphatic rings. The van der Waals surface area contributed by atoms with Gasteiger partial charge in [0, 0.05) is 104 Å². The molecule has 3 aromatic heterocycles. The van der Waals surface area contributed by atoms with Gasteiger partial charge in [-0.15, -0.1) is 0 Å². The van der Waals surface area contributed by atoms with Gasteiger partial charge in [0.25, 0.3) is 11.7 Å². The van der Waals surface area contributed by atoms with Crippen molar-refractivity contribution in [3.8, 4) is 22.4 Å². The fourth-order valence-electron chi connectivity index (χ4n) is 9.02. The predicted molar refractivity (Wildman–Crippen MR) is 244 cm³/mol. The van der Waals surface area contributed by atoms with Crippen LogP contribution in [0.25, 0.3) is 33.4 Å². The van der Waals surface area contributed by atoms with Crippen molar-refractivity contribution in [2.75, 3.05) is 67.1 Å². The molecule has 6 aromatic rings. The minimum atomic E-state index is -0.523. The Morgan fingerprint density at radius 3 is 2.23 bits per heavy atom. The molecule has 1 atom stereocenters. The van der Waals surface area contributed by atoms with Crippen molar-refractivity contribution in [2.24, 2.45) is 5.92 Å². The van der Waals surface area contributed by atoms with Crippen molar-refractivity contribution < 1.29 is 23.3 Å². The summed E-state index contributed by atoms with van der Waals surface area (Å²) < 4.78 is 21.5. The molecule has 4 amide bonds. The number of urea groups is 1. The second kappa shape index (κ2) is 17.5. The van der Waals surface area contributed by atoms with Crippen molar-refractivity contribution in [1.29, 1.82) is 0 Å². The molecule has 0 bridgehead atoms. The summed E-state index contributed by atoms with van der Waals surface area (Å²) in [7, 11) is 0. The standard InChI is InChI=1S/C48H54FN11O4/c1-29-37(30(2)51-45(62)44-53-46(64-56-44)48(3,4)5)14-15-38(41(29)49)42-39-26-33(27-50-43(39)55-54-42)32-6-8-34(9-7-32)59-24-22-57(23-25-59)28-31-16-19-58(20-17-31)35-10-12-36(13-11-35)60-21-18-40(61)52-47(60)63/h6-15,26-27,30-31H,16-25,28H2,1-5H3,(H,51,62)(H,50,54,55)(H,52,61,63). The molecule has 0 spiro atoms. The van der Waals surface area contributed by atoms with Crippen LogP contribution in [0.2, 0.25) is 0 Å². The van der Waals surface area contributed by atoms with Gasteiger partial charge in [0.2, 0.25) is 11.8 Å². The van der Waals surface area contributed by atoms with E-state index in [0.29, 0.717) is 58.2 Å². The Bertz CT molecular complexity index is 2670. The number of aromatic nitrogens is 5. The van der Waals surface area contributed by atoms with Crippen LogP contribution in [0.5, 0.6) is 0 Å². The first kappa shape index (κ1) is 42.6. The van der Waals surface area contributed by atoms with Crippen molar-refractivity contribution >= 4 is 45.9 Å². The van der Waals surface area contributed by atoms with E-state index in [1.807, 2.05) is 51.2 Å². The van der Waals surface area contributed by atoms with Gasteiger partial charge in [0.1, 0.15) is 11.5 Å². The average molecular weight is 868 g/mol. The van der Waals surface area contributed by atoms with Gasteiger partial charge in [0.15, 0.2) is 5.65 Å². The van der Waals surface area contributed by atoms with Gasteiger partial charge in [-0.25, -0.2) is 14.2 Å². The number of amides is 4. The van der Waals surface area contributed by atoms with Gasteiger partial charge in [-0.1, -0.05) is 44.1 Å². The molecular formula is C48H54FN11O4. The first-order valence-corrected chi connectivity index (χ1v) is 22.1. The van der Waals surface area contributed by atoms with E-state index in [1.165, 1.54) is 11.4 Å². The summed E-state index contributed by atoms with van der Waals surface area (Å²) in [6, 6.07) is 21.3. The number of hydrogen-bond donors (Lipinski definition) is 3. The maximum atomic E-state index is 16.2. The third-order valence-electron chi connectivity index (χ3n) is 12.8. The number of imide groups is 1. The van der Waals surface area contributed by atoms with Gasteiger partial charge < -0.3 is 19.6 Å². The summed E-state index contributed by atoms with van der Waals surface area (Å²) in [5, 5.41) is 17.3. The number of fused-ring (bicyclic) bond motifs is 1. The Morgan fingerprint density at radius 2 is 1.56 bits per heavy atom. The largest absolute Gasteiger partial charge is 0.372 e. The van der Waals surface area contributed by atoms with Crippen molar-refractivity contribution in [3.05, 3.63) is 102 Å². The summed E-state index contributed by atoms with van der Waals surface area (Å²) in [5.74, 6) is -0.199. The van der Waals surface area contributed by atoms with Crippen LogP contribution in [0.1, 0.15) is 80.6 Å². The Kier molecular flexibility index (Phi) is 11.6. The van der Waals surface area contributed by atoms with Crippen LogP contribution in [0.3, 0.4) is 0 Å². The van der Waals surface area contributed by atoms with Gasteiger partial charge >= 0.3 is 6.03 Å². The number of aromatic amines is 1. The summed E-state index contributed by atoms with van der Waals surface area (Å²) in [5.41, 5.74) is 7.06. The molecule has 64 heavy (non-hydrogen) atoms. The fraction of sp³-hybridized carbons (Fsp3) is 0.396. The monoisotopic (exact) mass is 867 g/mol. The number of nitrogens with zero attached hydrogens (tertiary/aromatic N) is 8. The smallest absolute Gasteiger partial charge is 0.328 e. The highest BCUT2D eigenvalue weighted by molar-refractivity contribution is 6.05. The third kappa shape index (κ3) is 8.78. The summed E-state index contributed by atoms with van der Waals surface area (Å²) in [4.78, 5) is 54.7. The summed E-state index contributed by atoms with van der Waals surface area (Å²) in [6.45, 7) is 16.7. The minimum absolute atomic E-state index is 0.0685. The zero-order valence-electron chi connectivity index (χ0n) is 36.9. The molecule has 3 N–H and O–H groups in total. The number of carbonyl (C=O) groups excluding carboxylic acids is 3. The normalized spacial score (nSPS) is 17.2. The molecule has 16 heteroatoms. The number of piperazine rings is 1. The lowest BCUT2D eigenvalue weighted by Crippen LogP contribution is -2.49. The van der Waals surface area contributed by atoms with E-state index in [-0.39, 0.29) is 17.8 Å². The molecule has 3 aromatic carbocycles. The van der Waals surface area contributed by atoms with Crippen LogP contribution in [0.15, 0.2) is 77.4 Å². The van der Waals surface area contributed by atoms with E-state index in [2.05, 4.69) is 87.1 Å². The Labute approximate surface area is 371 Å². The number of hydrogen-bond acceptors (Lipinski definition) is 11. The van der Waals surface area contributed by atoms with Gasteiger partial charge in [-0.3, -0.25) is 29.8 Å². The first-order valence-electron chi connectivity index (χ1n) is 22.1. The highest BCUT2D eigenvalue weighted by Gasteiger charge is 2.28. The van der Waals surface area contributed by atoms with Crippen LogP contribution < -0.4 is 25.3 Å². The maximum Gasteiger partial charge on any atom is 0.328 e. The molecule has 3 aliphatic heterocycles. The summed E-state index contributed by atoms with van der Waals surface area (Å²) >= 11 is 0. The molecule has 0 saturated carbocycles. The number of carbonyl (C=O) groups is 3. The number of halogens is 1. The molecule has 3 fully saturated rings. The molecular weight excluding hydrogens is 814 g/mol. The number of nitrogens with one attached hydrogen (secondary N) is 3. The number of piperidine rings is 1. The Hall–Kier alpha value is -6.68. The van der Waals surface area contributed by atoms with Crippen LogP contribution in [0, 0.1) is 18.7 Å². The van der Waals surface area contributed by atoms with E-state index in [4.69, 9.17) is 4.52 Å². The number of benzene rings is 3. The lowest BCUT2D eigenvalue weighted by molar-refractivity contribution is -0.120.